The van der Waals surface area contributed by atoms with Gasteiger partial charge in [0.1, 0.15) is 11.5 Å². The molecule has 0 unspecified atom stereocenters. The first-order chi connectivity index (χ1) is 17.5. The number of ether oxygens (including phenoxy) is 2. The Bertz CT molecular complexity index is 907. The summed E-state index contributed by atoms with van der Waals surface area (Å²) in [5.41, 5.74) is 2.17. The molecule has 0 heterocycles. The third kappa shape index (κ3) is 14.5. The quantitative estimate of drug-likeness (QED) is 0.132. The first kappa shape index (κ1) is 30.2. The molecule has 0 spiro atoms. The van der Waals surface area contributed by atoms with E-state index in [0.29, 0.717) is 5.75 Å². The maximum atomic E-state index is 10.7. The van der Waals surface area contributed by atoms with Gasteiger partial charge in [-0.3, -0.25) is 4.55 Å². The molecule has 5 nitrogen and oxygen atoms in total. The summed E-state index contributed by atoms with van der Waals surface area (Å²) in [5, 5.41) is 0. The fourth-order valence-corrected chi connectivity index (χ4v) is 4.71. The van der Waals surface area contributed by atoms with Gasteiger partial charge in [0.25, 0.3) is 10.1 Å². The Balaban J connectivity index is 1.52. The van der Waals surface area contributed by atoms with Gasteiger partial charge in [-0.05, 0) is 48.2 Å². The molecule has 0 amide bonds. The molecule has 2 aromatic rings. The summed E-state index contributed by atoms with van der Waals surface area (Å²) in [6.45, 7) is 3.28. The Morgan fingerprint density at radius 2 is 0.917 bits per heavy atom. The van der Waals surface area contributed by atoms with Gasteiger partial charge in [-0.15, -0.1) is 0 Å². The molecule has 0 fully saturated rings. The van der Waals surface area contributed by atoms with E-state index in [1.54, 1.807) is 0 Å². The van der Waals surface area contributed by atoms with Crippen molar-refractivity contribution in [2.45, 2.75) is 96.8 Å². The van der Waals surface area contributed by atoms with Crippen LogP contribution in [0.1, 0.15) is 96.8 Å². The topological polar surface area (TPSA) is 72.8 Å². The Morgan fingerprint density at radius 1 is 0.556 bits per heavy atom. The highest BCUT2D eigenvalue weighted by molar-refractivity contribution is 7.85. The van der Waals surface area contributed by atoms with E-state index in [1.165, 1.54) is 77.0 Å². The van der Waals surface area contributed by atoms with Crippen molar-refractivity contribution in [3.05, 3.63) is 48.5 Å². The molecule has 2 rings (SSSR count). The molecule has 0 saturated heterocycles. The Morgan fingerprint density at radius 3 is 1.31 bits per heavy atom. The molecule has 0 saturated carbocycles. The summed E-state index contributed by atoms with van der Waals surface area (Å²) in [7, 11) is -3.93. The van der Waals surface area contributed by atoms with Crippen molar-refractivity contribution >= 4 is 10.1 Å². The van der Waals surface area contributed by atoms with Crippen molar-refractivity contribution in [1.29, 1.82) is 0 Å². The number of unbranched alkanes of at least 4 members (excludes halogenated alkanes) is 12. The van der Waals surface area contributed by atoms with E-state index >= 15 is 0 Å². The molecule has 0 aliphatic heterocycles. The molecule has 6 heteroatoms. The minimum Gasteiger partial charge on any atom is -0.494 e. The molecule has 0 aromatic heterocycles. The molecule has 0 aliphatic rings. The van der Waals surface area contributed by atoms with E-state index < -0.39 is 10.1 Å². The average molecular weight is 519 g/mol. The van der Waals surface area contributed by atoms with E-state index in [-0.39, 0.29) is 18.8 Å². The normalized spacial score (nSPS) is 11.5. The third-order valence-electron chi connectivity index (χ3n) is 6.37. The van der Waals surface area contributed by atoms with Crippen LogP contribution in [0.15, 0.2) is 48.5 Å². The van der Waals surface area contributed by atoms with Crippen LogP contribution >= 0.6 is 0 Å². The highest BCUT2D eigenvalue weighted by Gasteiger charge is 2.05. The van der Waals surface area contributed by atoms with Gasteiger partial charge in [0, 0.05) is 0 Å². The van der Waals surface area contributed by atoms with E-state index in [9.17, 15) is 8.42 Å². The standard InChI is InChI=1S/C30H46O5S/c1-2-3-4-5-6-7-8-9-10-11-12-13-14-24-34-29-20-16-27(17-21-29)28-18-22-30(23-19-28)35-25-15-26-36(31,32)33/h16-23H,2-15,24-26H2,1H3,(H,31,32,33). The van der Waals surface area contributed by atoms with Gasteiger partial charge in [-0.1, -0.05) is 108 Å². The summed E-state index contributed by atoms with van der Waals surface area (Å²) < 4.78 is 41.7. The first-order valence-corrected chi connectivity index (χ1v) is 15.5. The lowest BCUT2D eigenvalue weighted by molar-refractivity contribution is 0.304. The summed E-state index contributed by atoms with van der Waals surface area (Å²) in [6.07, 6.45) is 17.8. The van der Waals surface area contributed by atoms with Crippen LogP contribution in [0.4, 0.5) is 0 Å². The second kappa shape index (κ2) is 18.2. The third-order valence-corrected chi connectivity index (χ3v) is 7.18. The largest absolute Gasteiger partial charge is 0.494 e. The van der Waals surface area contributed by atoms with Crippen LogP contribution in [-0.2, 0) is 10.1 Å². The SMILES string of the molecule is CCCCCCCCCCCCCCCOc1ccc(-c2ccc(OCCCS(=O)(=O)O)cc2)cc1. The molecule has 0 aliphatic carbocycles. The van der Waals surface area contributed by atoms with Crippen LogP contribution in [-0.4, -0.2) is 31.9 Å². The Hall–Kier alpha value is -2.05. The van der Waals surface area contributed by atoms with Gasteiger partial charge in [0.15, 0.2) is 0 Å². The monoisotopic (exact) mass is 518 g/mol. The van der Waals surface area contributed by atoms with Crippen molar-refractivity contribution in [3.8, 4) is 22.6 Å². The summed E-state index contributed by atoms with van der Waals surface area (Å²) in [5.74, 6) is 1.28. The molecule has 0 atom stereocenters. The lowest BCUT2D eigenvalue weighted by Gasteiger charge is -2.09. The van der Waals surface area contributed by atoms with E-state index in [4.69, 9.17) is 14.0 Å². The number of hydrogen-bond donors (Lipinski definition) is 1. The van der Waals surface area contributed by atoms with Gasteiger partial charge < -0.3 is 9.47 Å². The number of benzene rings is 2. The van der Waals surface area contributed by atoms with Crippen molar-refractivity contribution in [3.63, 3.8) is 0 Å². The summed E-state index contributed by atoms with van der Waals surface area (Å²) in [4.78, 5) is 0. The molecule has 1 N–H and O–H groups in total. The smallest absolute Gasteiger partial charge is 0.264 e. The maximum Gasteiger partial charge on any atom is 0.264 e. The fraction of sp³-hybridized carbons (Fsp3) is 0.600. The molecule has 2 aromatic carbocycles. The first-order valence-electron chi connectivity index (χ1n) is 13.9. The summed E-state index contributed by atoms with van der Waals surface area (Å²) >= 11 is 0. The van der Waals surface area contributed by atoms with Gasteiger partial charge >= 0.3 is 0 Å². The Kier molecular flexibility index (Phi) is 15.3. The van der Waals surface area contributed by atoms with E-state index in [2.05, 4.69) is 19.1 Å². The van der Waals surface area contributed by atoms with Crippen LogP contribution in [0.25, 0.3) is 11.1 Å². The highest BCUT2D eigenvalue weighted by atomic mass is 32.2. The zero-order chi connectivity index (χ0) is 25.9. The second-order valence-corrected chi connectivity index (χ2v) is 11.2. The maximum absolute atomic E-state index is 10.7. The lowest BCUT2D eigenvalue weighted by Crippen LogP contribution is -2.08. The van der Waals surface area contributed by atoms with Crippen LogP contribution in [0.5, 0.6) is 11.5 Å². The van der Waals surface area contributed by atoms with Gasteiger partial charge in [0.2, 0.25) is 0 Å². The minimum atomic E-state index is -3.93. The number of hydrogen-bond acceptors (Lipinski definition) is 4. The highest BCUT2D eigenvalue weighted by Crippen LogP contribution is 2.25. The predicted octanol–water partition coefficient (Wildman–Crippen LogP) is 8.48. The predicted molar refractivity (Wildman–Crippen MR) is 150 cm³/mol. The fourth-order valence-electron chi connectivity index (χ4n) is 4.23. The average Bonchev–Trinajstić information content (AvgIpc) is 2.87. The van der Waals surface area contributed by atoms with Crippen LogP contribution in [0.3, 0.4) is 0 Å². The van der Waals surface area contributed by atoms with E-state index in [0.717, 1.165) is 29.9 Å². The van der Waals surface area contributed by atoms with Crippen molar-refractivity contribution in [2.75, 3.05) is 19.0 Å². The van der Waals surface area contributed by atoms with E-state index in [1.807, 2.05) is 36.4 Å². The lowest BCUT2D eigenvalue weighted by atomic mass is 10.0. The molecular weight excluding hydrogens is 472 g/mol. The molecular formula is C30H46O5S. The van der Waals surface area contributed by atoms with Gasteiger partial charge in [0.05, 0.1) is 19.0 Å². The number of rotatable bonds is 21. The van der Waals surface area contributed by atoms with Crippen LogP contribution in [0.2, 0.25) is 0 Å². The molecule has 0 bridgehead atoms. The van der Waals surface area contributed by atoms with Crippen molar-refractivity contribution in [1.82, 2.24) is 0 Å². The van der Waals surface area contributed by atoms with Crippen molar-refractivity contribution < 1.29 is 22.4 Å². The Labute approximate surface area is 219 Å². The zero-order valence-corrected chi connectivity index (χ0v) is 22.9. The zero-order valence-electron chi connectivity index (χ0n) is 22.1. The van der Waals surface area contributed by atoms with Crippen molar-refractivity contribution in [2.24, 2.45) is 0 Å². The van der Waals surface area contributed by atoms with Crippen LogP contribution < -0.4 is 9.47 Å². The van der Waals surface area contributed by atoms with Gasteiger partial charge in [-0.25, -0.2) is 0 Å². The molecule has 202 valence electrons. The minimum absolute atomic E-state index is 0.241. The van der Waals surface area contributed by atoms with Gasteiger partial charge in [-0.2, -0.15) is 8.42 Å². The molecule has 0 radical (unpaired) electrons. The summed E-state index contributed by atoms with van der Waals surface area (Å²) in [6, 6.07) is 15.8. The second-order valence-electron chi connectivity index (χ2n) is 9.63. The van der Waals surface area contributed by atoms with Crippen LogP contribution in [0, 0.1) is 0 Å². The molecule has 36 heavy (non-hydrogen) atoms.